The van der Waals surface area contributed by atoms with Crippen molar-refractivity contribution >= 4 is 21.4 Å². The van der Waals surface area contributed by atoms with E-state index in [0.29, 0.717) is 12.2 Å². The van der Waals surface area contributed by atoms with Gasteiger partial charge in [-0.25, -0.2) is 8.42 Å². The first-order valence-electron chi connectivity index (χ1n) is 11.0. The number of nitrogens with zero attached hydrogens (tertiary/aromatic N) is 2. The number of sulfonamides is 1. The molecule has 0 unspecified atom stereocenters. The van der Waals surface area contributed by atoms with Crippen LogP contribution in [-0.4, -0.2) is 19.9 Å². The Kier molecular flexibility index (Phi) is 4.00. The van der Waals surface area contributed by atoms with Gasteiger partial charge >= 0.3 is 0 Å². The molecule has 3 aromatic carbocycles. The number of nitro groups is 1. The Morgan fingerprint density at radius 3 is 2.21 bits per heavy atom. The van der Waals surface area contributed by atoms with Crippen LogP contribution in [0.1, 0.15) is 24.0 Å². The Balaban J connectivity index is 1.54. The van der Waals surface area contributed by atoms with Gasteiger partial charge in [-0.3, -0.25) is 14.4 Å². The summed E-state index contributed by atoms with van der Waals surface area (Å²) in [4.78, 5) is 10.5. The van der Waals surface area contributed by atoms with Gasteiger partial charge in [0.2, 0.25) is 0 Å². The smallest absolute Gasteiger partial charge is 0.265 e. The lowest BCUT2D eigenvalue weighted by Gasteiger charge is -2.64. The molecule has 166 valence electrons. The number of fused-ring (bicyclic) bond motifs is 4. The van der Waals surface area contributed by atoms with E-state index in [4.69, 9.17) is 0 Å². The number of hydrogen-bond acceptors (Lipinski definition) is 4. The molecule has 2 saturated carbocycles. The van der Waals surface area contributed by atoms with Crippen molar-refractivity contribution in [2.75, 3.05) is 10.8 Å². The molecule has 1 aliphatic heterocycles. The van der Waals surface area contributed by atoms with Gasteiger partial charge in [0.05, 0.1) is 15.5 Å². The van der Waals surface area contributed by atoms with E-state index in [-0.39, 0.29) is 27.3 Å². The molecule has 0 amide bonds. The molecule has 0 aromatic heterocycles. The zero-order valence-corrected chi connectivity index (χ0v) is 18.7. The molecule has 2 aliphatic carbocycles. The van der Waals surface area contributed by atoms with Crippen molar-refractivity contribution in [3.8, 4) is 0 Å². The van der Waals surface area contributed by atoms with Crippen LogP contribution in [0.4, 0.5) is 11.4 Å². The van der Waals surface area contributed by atoms with Crippen molar-refractivity contribution in [1.29, 1.82) is 0 Å². The Morgan fingerprint density at radius 2 is 1.58 bits per heavy atom. The van der Waals surface area contributed by atoms with E-state index >= 15 is 0 Å². The lowest BCUT2D eigenvalue weighted by molar-refractivity contribution is -0.384. The van der Waals surface area contributed by atoms with Gasteiger partial charge in [0.25, 0.3) is 15.7 Å². The topological polar surface area (TPSA) is 80.5 Å². The van der Waals surface area contributed by atoms with Gasteiger partial charge in [-0.15, -0.1) is 0 Å². The second kappa shape index (κ2) is 6.54. The highest BCUT2D eigenvalue weighted by atomic mass is 32.2. The molecule has 6 rings (SSSR count). The summed E-state index contributed by atoms with van der Waals surface area (Å²) in [5, 5.41) is 11.0. The first-order valence-corrected chi connectivity index (χ1v) is 12.4. The third kappa shape index (κ3) is 2.40. The largest absolute Gasteiger partial charge is 0.269 e. The van der Waals surface area contributed by atoms with Gasteiger partial charge in [-0.2, -0.15) is 0 Å². The summed E-state index contributed by atoms with van der Waals surface area (Å²) in [6.07, 6.45) is 2.11. The van der Waals surface area contributed by atoms with Gasteiger partial charge in [0.1, 0.15) is 0 Å². The second-order valence-corrected chi connectivity index (χ2v) is 11.0. The average molecular weight is 459 g/mol. The molecule has 7 heteroatoms. The van der Waals surface area contributed by atoms with Crippen molar-refractivity contribution in [1.82, 2.24) is 0 Å². The minimum absolute atomic E-state index is 0.0155. The van der Waals surface area contributed by atoms with E-state index in [1.165, 1.54) is 34.1 Å². The lowest BCUT2D eigenvalue weighted by atomic mass is 9.41. The van der Waals surface area contributed by atoms with Crippen molar-refractivity contribution in [2.24, 2.45) is 11.3 Å². The highest BCUT2D eigenvalue weighted by molar-refractivity contribution is 7.92. The lowest BCUT2D eigenvalue weighted by Crippen LogP contribution is -2.64. The predicted octanol–water partition coefficient (Wildman–Crippen LogP) is 5.06. The van der Waals surface area contributed by atoms with Gasteiger partial charge in [-0.1, -0.05) is 60.7 Å². The fourth-order valence-electron chi connectivity index (χ4n) is 6.35. The summed E-state index contributed by atoms with van der Waals surface area (Å²) in [6.45, 7) is 4.72. The van der Waals surface area contributed by atoms with E-state index in [1.807, 2.05) is 36.4 Å². The second-order valence-electron chi connectivity index (χ2n) is 9.14. The Morgan fingerprint density at radius 1 is 0.939 bits per heavy atom. The molecule has 2 fully saturated rings. The molecule has 0 N–H and O–H groups in total. The SMILES string of the molecule is C=C1[C@@H]2CN(S(=O)(=O)c3ccc([N+](=O)[O-])cc3)c3ccccc3[C@]2(c2ccccc2)C12CC2. The van der Waals surface area contributed by atoms with Crippen molar-refractivity contribution in [3.63, 3.8) is 0 Å². The van der Waals surface area contributed by atoms with E-state index < -0.39 is 14.9 Å². The standard InChI is InChI=1S/C26H22N2O4S/c1-18-23-17-27(33(31,32)21-13-11-20(12-14-21)28(29)30)24-10-6-5-9-22(24)26(23,25(18)15-16-25)19-7-3-2-4-8-19/h2-14,23H,1,15-17H2/t23-,26-/m0/s1. The van der Waals surface area contributed by atoms with Crippen LogP contribution in [-0.2, 0) is 15.4 Å². The van der Waals surface area contributed by atoms with Crippen molar-refractivity contribution in [2.45, 2.75) is 23.2 Å². The van der Waals surface area contributed by atoms with Gasteiger partial charge in [-0.05, 0) is 42.2 Å². The summed E-state index contributed by atoms with van der Waals surface area (Å²) in [5.74, 6) is -0.0369. The van der Waals surface area contributed by atoms with Gasteiger partial charge in [0.15, 0.2) is 0 Å². The first-order chi connectivity index (χ1) is 15.8. The maximum absolute atomic E-state index is 13.8. The number of anilines is 1. The maximum atomic E-state index is 13.8. The van der Waals surface area contributed by atoms with E-state index in [9.17, 15) is 18.5 Å². The highest BCUT2D eigenvalue weighted by Crippen LogP contribution is 2.80. The number of non-ortho nitro benzene ring substituents is 1. The number of para-hydroxylation sites is 1. The predicted molar refractivity (Wildman–Crippen MR) is 126 cm³/mol. The number of benzene rings is 3. The monoisotopic (exact) mass is 458 g/mol. The third-order valence-corrected chi connectivity index (χ3v) is 9.67. The van der Waals surface area contributed by atoms with Crippen LogP contribution in [0.5, 0.6) is 0 Å². The number of nitro benzene ring substituents is 1. The maximum Gasteiger partial charge on any atom is 0.269 e. The Labute approximate surface area is 192 Å². The van der Waals surface area contributed by atoms with Gasteiger partial charge < -0.3 is 0 Å². The summed E-state index contributed by atoms with van der Waals surface area (Å²) < 4.78 is 29.0. The third-order valence-electron chi connectivity index (χ3n) is 7.87. The molecule has 0 bridgehead atoms. The first kappa shape index (κ1) is 20.2. The van der Waals surface area contributed by atoms with Crippen LogP contribution >= 0.6 is 0 Å². The minimum atomic E-state index is -3.92. The normalized spacial score (nSPS) is 24.5. The van der Waals surface area contributed by atoms with Crippen LogP contribution < -0.4 is 4.31 Å². The van der Waals surface area contributed by atoms with Crippen LogP contribution in [0.2, 0.25) is 0 Å². The van der Waals surface area contributed by atoms with E-state index in [0.717, 1.165) is 24.0 Å². The highest BCUT2D eigenvalue weighted by Gasteiger charge is 2.76. The molecule has 2 atom stereocenters. The van der Waals surface area contributed by atoms with Crippen molar-refractivity contribution in [3.05, 3.63) is 112 Å². The zero-order chi connectivity index (χ0) is 23.0. The van der Waals surface area contributed by atoms with E-state index in [1.54, 1.807) is 0 Å². The molecule has 33 heavy (non-hydrogen) atoms. The molecule has 3 aliphatic rings. The summed E-state index contributed by atoms with van der Waals surface area (Å²) in [6, 6.07) is 23.2. The molecular weight excluding hydrogens is 436 g/mol. The van der Waals surface area contributed by atoms with Crippen molar-refractivity contribution < 1.29 is 13.3 Å². The minimum Gasteiger partial charge on any atom is -0.265 e. The molecule has 0 radical (unpaired) electrons. The molecule has 6 nitrogen and oxygen atoms in total. The van der Waals surface area contributed by atoms with E-state index in [2.05, 4.69) is 24.8 Å². The summed E-state index contributed by atoms with van der Waals surface area (Å²) in [5.41, 5.74) is 3.59. The quantitative estimate of drug-likeness (QED) is 0.311. The van der Waals surface area contributed by atoms with Crippen LogP contribution in [0.25, 0.3) is 0 Å². The molecule has 0 saturated heterocycles. The molecular formula is C26H22N2O4S. The summed E-state index contributed by atoms with van der Waals surface area (Å²) >= 11 is 0. The number of hydrogen-bond donors (Lipinski definition) is 0. The van der Waals surface area contributed by atoms with Crippen LogP contribution in [0.15, 0.2) is 95.9 Å². The number of rotatable bonds is 4. The summed E-state index contributed by atoms with van der Waals surface area (Å²) in [7, 11) is -3.92. The fraction of sp³-hybridized carbons (Fsp3) is 0.231. The zero-order valence-electron chi connectivity index (χ0n) is 17.8. The van der Waals surface area contributed by atoms with Gasteiger partial charge in [0, 0.05) is 35.4 Å². The average Bonchev–Trinajstić information content (AvgIpc) is 3.66. The fourth-order valence-corrected chi connectivity index (χ4v) is 7.85. The van der Waals surface area contributed by atoms with Crippen LogP contribution in [0.3, 0.4) is 0 Å². The Hall–Kier alpha value is -3.45. The van der Waals surface area contributed by atoms with Crippen LogP contribution in [0, 0.1) is 21.4 Å². The molecule has 1 heterocycles. The molecule has 1 spiro atoms. The molecule has 3 aromatic rings. The Bertz CT molecular complexity index is 1410.